The van der Waals surface area contributed by atoms with Crippen LogP contribution in [0.5, 0.6) is 0 Å². The summed E-state index contributed by atoms with van der Waals surface area (Å²) in [4.78, 5) is 0. The molecule has 0 aromatic rings. The zero-order valence-corrected chi connectivity index (χ0v) is 20.0. The van der Waals surface area contributed by atoms with E-state index in [9.17, 15) is 0 Å². The first-order valence-corrected chi connectivity index (χ1v) is 10.9. The smallest absolute Gasteiger partial charge is 0.106 e. The van der Waals surface area contributed by atoms with E-state index < -0.39 is 0 Å². The van der Waals surface area contributed by atoms with Crippen LogP contribution >= 0.6 is 0 Å². The van der Waals surface area contributed by atoms with Crippen LogP contribution in [0.15, 0.2) is 69.3 Å². The highest BCUT2D eigenvalue weighted by molar-refractivity contribution is 6.21. The Morgan fingerprint density at radius 3 is 1.86 bits per heavy atom. The molecule has 0 saturated carbocycles. The summed E-state index contributed by atoms with van der Waals surface area (Å²) in [5.74, 6) is 0. The fourth-order valence-corrected chi connectivity index (χ4v) is 3.77. The highest BCUT2D eigenvalue weighted by atomic mass is 14.2. The van der Waals surface area contributed by atoms with Gasteiger partial charge in [0, 0.05) is 0 Å². The summed E-state index contributed by atoms with van der Waals surface area (Å²) >= 11 is 0. The number of hydrogen-bond donors (Lipinski definition) is 0. The predicted octanol–water partition coefficient (Wildman–Crippen LogP) is 8.93. The molecule has 0 spiro atoms. The van der Waals surface area contributed by atoms with Crippen molar-refractivity contribution in [2.24, 2.45) is 0 Å². The van der Waals surface area contributed by atoms with Crippen molar-refractivity contribution in [2.45, 2.75) is 100 Å². The molecule has 154 valence electrons. The second-order valence-corrected chi connectivity index (χ2v) is 8.12. The molecule has 0 aromatic carbocycles. The summed E-state index contributed by atoms with van der Waals surface area (Å²) in [5.41, 5.74) is 11.9. The Balaban J connectivity index is 5.44. The van der Waals surface area contributed by atoms with Crippen molar-refractivity contribution in [2.75, 3.05) is 0 Å². The van der Waals surface area contributed by atoms with Crippen LogP contribution in [0.3, 0.4) is 0 Å². The van der Waals surface area contributed by atoms with Gasteiger partial charge in [0.1, 0.15) is 7.85 Å². The van der Waals surface area contributed by atoms with Gasteiger partial charge in [0.15, 0.2) is 0 Å². The van der Waals surface area contributed by atoms with E-state index >= 15 is 0 Å². The molecule has 0 rings (SSSR count). The van der Waals surface area contributed by atoms with Crippen molar-refractivity contribution >= 4 is 7.85 Å². The van der Waals surface area contributed by atoms with Crippen LogP contribution in [-0.4, -0.2) is 7.85 Å². The van der Waals surface area contributed by atoms with Crippen LogP contribution < -0.4 is 0 Å². The van der Waals surface area contributed by atoms with E-state index in [4.69, 9.17) is 7.85 Å². The normalized spacial score (nSPS) is 13.6. The molecule has 0 N–H and O–H groups in total. The van der Waals surface area contributed by atoms with Crippen LogP contribution in [0.25, 0.3) is 0 Å². The lowest BCUT2D eigenvalue weighted by molar-refractivity contribution is 0.774. The fraction of sp³-hybridized carbons (Fsp3) is 0.556. The maximum Gasteiger partial charge on any atom is 0.106 e. The van der Waals surface area contributed by atoms with Gasteiger partial charge in [-0.05, 0) is 114 Å². The van der Waals surface area contributed by atoms with Crippen molar-refractivity contribution in [3.8, 4) is 0 Å². The van der Waals surface area contributed by atoms with Gasteiger partial charge in [-0.2, -0.15) is 0 Å². The monoisotopic (exact) mass is 378 g/mol. The first-order chi connectivity index (χ1) is 13.1. The second-order valence-electron chi connectivity index (χ2n) is 8.12. The molecule has 0 aliphatic heterocycles. The molecular weight excluding hydrogens is 335 g/mol. The van der Waals surface area contributed by atoms with Crippen molar-refractivity contribution in [3.63, 3.8) is 0 Å². The van der Waals surface area contributed by atoms with Gasteiger partial charge in [0.25, 0.3) is 0 Å². The summed E-state index contributed by atoms with van der Waals surface area (Å²) < 4.78 is 0. The Morgan fingerprint density at radius 2 is 1.43 bits per heavy atom. The summed E-state index contributed by atoms with van der Waals surface area (Å²) in [6, 6.07) is 0. The van der Waals surface area contributed by atoms with Gasteiger partial charge in [-0.15, -0.1) is 12.1 Å². The van der Waals surface area contributed by atoms with Crippen LogP contribution in [0.1, 0.15) is 100 Å². The van der Waals surface area contributed by atoms with E-state index in [0.717, 1.165) is 37.6 Å². The van der Waals surface area contributed by atoms with Crippen molar-refractivity contribution in [3.05, 3.63) is 69.3 Å². The molecule has 0 bridgehead atoms. The Morgan fingerprint density at radius 1 is 0.821 bits per heavy atom. The standard InChI is InChI=1S/C27H43B/c1-11-25(19(4)5)15-14-16-26(12-2)23(9)24(10)27(13-3)22(8)20(6)17-18-21(7)28/h12H,7,9,11,13-18H2,1-6,8,10H3/b22-20-,26-12-,27-24-. The molecule has 0 nitrogen and oxygen atoms in total. The molecule has 0 saturated heterocycles. The van der Waals surface area contributed by atoms with Gasteiger partial charge in [-0.1, -0.05) is 43.2 Å². The molecule has 0 heterocycles. The van der Waals surface area contributed by atoms with Gasteiger partial charge in [0.2, 0.25) is 0 Å². The minimum absolute atomic E-state index is 0.759. The first-order valence-electron chi connectivity index (χ1n) is 10.9. The Hall–Kier alpha value is -1.50. The lowest BCUT2D eigenvalue weighted by atomic mass is 9.85. The van der Waals surface area contributed by atoms with Crippen LogP contribution in [0.2, 0.25) is 0 Å². The van der Waals surface area contributed by atoms with Gasteiger partial charge in [-0.25, -0.2) is 0 Å². The lowest BCUT2D eigenvalue weighted by Gasteiger charge is -2.19. The number of allylic oxidation sites excluding steroid dienone is 10. The highest BCUT2D eigenvalue weighted by Gasteiger charge is 2.12. The molecule has 0 aliphatic carbocycles. The molecule has 2 radical (unpaired) electrons. The van der Waals surface area contributed by atoms with Crippen molar-refractivity contribution in [1.82, 2.24) is 0 Å². The topological polar surface area (TPSA) is 0 Å². The average Bonchev–Trinajstić information content (AvgIpc) is 2.65. The fourth-order valence-electron chi connectivity index (χ4n) is 3.77. The Kier molecular flexibility index (Phi) is 12.9. The molecule has 0 aliphatic rings. The van der Waals surface area contributed by atoms with E-state index in [1.54, 1.807) is 5.57 Å². The van der Waals surface area contributed by atoms with E-state index in [1.165, 1.54) is 51.9 Å². The quantitative estimate of drug-likeness (QED) is 0.181. The Labute approximate surface area is 177 Å². The molecule has 0 atom stereocenters. The van der Waals surface area contributed by atoms with E-state index in [0.29, 0.717) is 0 Å². The number of rotatable bonds is 12. The van der Waals surface area contributed by atoms with Crippen molar-refractivity contribution < 1.29 is 0 Å². The van der Waals surface area contributed by atoms with Crippen LogP contribution in [0.4, 0.5) is 0 Å². The third kappa shape index (κ3) is 8.67. The minimum Gasteiger partial charge on any atom is -0.124 e. The summed E-state index contributed by atoms with van der Waals surface area (Å²) in [6.45, 7) is 26.1. The average molecular weight is 378 g/mol. The van der Waals surface area contributed by atoms with Gasteiger partial charge < -0.3 is 0 Å². The van der Waals surface area contributed by atoms with E-state index in [-0.39, 0.29) is 0 Å². The summed E-state index contributed by atoms with van der Waals surface area (Å²) in [7, 11) is 5.76. The SMILES string of the molecule is [B]C(=C)CC/C(C)=C(C)\C(CC)=C(\C)C(=C)/C(=C\C)CCCC(CC)=C(C)C. The molecule has 0 fully saturated rings. The second kappa shape index (κ2) is 13.6. The third-order valence-corrected chi connectivity index (χ3v) is 5.97. The summed E-state index contributed by atoms with van der Waals surface area (Å²) in [6.07, 6.45) is 9.72. The maximum atomic E-state index is 5.76. The molecule has 0 amide bonds. The molecular formula is C27H43B. The largest absolute Gasteiger partial charge is 0.124 e. The van der Waals surface area contributed by atoms with Crippen LogP contribution in [0, 0.1) is 0 Å². The molecule has 28 heavy (non-hydrogen) atoms. The minimum atomic E-state index is 0.759. The van der Waals surface area contributed by atoms with E-state index in [1.807, 2.05) is 0 Å². The Bertz CT molecular complexity index is 673. The highest BCUT2D eigenvalue weighted by Crippen LogP contribution is 2.31. The van der Waals surface area contributed by atoms with Crippen molar-refractivity contribution in [1.29, 1.82) is 0 Å². The predicted molar refractivity (Wildman–Crippen MR) is 131 cm³/mol. The zero-order chi connectivity index (χ0) is 21.9. The lowest BCUT2D eigenvalue weighted by Crippen LogP contribution is -1.99. The zero-order valence-electron chi connectivity index (χ0n) is 20.0. The van der Waals surface area contributed by atoms with E-state index in [2.05, 4.69) is 74.6 Å². The first kappa shape index (κ1) is 26.5. The summed E-state index contributed by atoms with van der Waals surface area (Å²) in [5, 5.41) is 0. The van der Waals surface area contributed by atoms with Crippen LogP contribution in [-0.2, 0) is 0 Å². The molecule has 0 aromatic heterocycles. The number of hydrogen-bond acceptors (Lipinski definition) is 0. The van der Waals surface area contributed by atoms with Gasteiger partial charge in [0.05, 0.1) is 0 Å². The molecule has 1 heteroatoms. The maximum absolute atomic E-state index is 5.76. The molecule has 0 unspecified atom stereocenters. The van der Waals surface area contributed by atoms with Gasteiger partial charge >= 0.3 is 0 Å². The third-order valence-electron chi connectivity index (χ3n) is 5.97. The van der Waals surface area contributed by atoms with Gasteiger partial charge in [-0.3, -0.25) is 0 Å².